The van der Waals surface area contributed by atoms with Crippen LogP contribution in [0.1, 0.15) is 37.2 Å². The van der Waals surface area contributed by atoms with Crippen LogP contribution in [-0.4, -0.2) is 45.2 Å². The summed E-state index contributed by atoms with van der Waals surface area (Å²) in [6.45, 7) is 6.44. The van der Waals surface area contributed by atoms with Crippen molar-refractivity contribution in [3.8, 4) is 11.3 Å². The van der Waals surface area contributed by atoms with E-state index in [4.69, 9.17) is 10.7 Å². The van der Waals surface area contributed by atoms with Gasteiger partial charge in [0.15, 0.2) is 5.65 Å². The predicted molar refractivity (Wildman–Crippen MR) is 118 cm³/mol. The molecule has 0 aliphatic carbocycles. The summed E-state index contributed by atoms with van der Waals surface area (Å²) in [6, 6.07) is 11.8. The van der Waals surface area contributed by atoms with Crippen LogP contribution in [0.3, 0.4) is 0 Å². The van der Waals surface area contributed by atoms with Crippen molar-refractivity contribution in [1.29, 1.82) is 0 Å². The standard InChI is InChI=1S/C20H25N5O.2ClH/c1-13(2)25-19-17(12-22-25)16(20(26)24(4)14(3)11-21)10-18(23-19)15-8-6-5-7-9-15;;/h5-10,12-14H,11,21H2,1-4H3;2*1H. The number of aromatic nitrogens is 3. The predicted octanol–water partition coefficient (Wildman–Crippen LogP) is 3.94. The number of carbonyl (C=O) groups excluding carboxylic acids is 1. The Bertz CT molecular complexity index is 927. The van der Waals surface area contributed by atoms with Gasteiger partial charge in [-0.1, -0.05) is 30.3 Å². The molecule has 152 valence electrons. The van der Waals surface area contributed by atoms with E-state index >= 15 is 0 Å². The van der Waals surface area contributed by atoms with E-state index in [1.165, 1.54) is 0 Å². The van der Waals surface area contributed by atoms with E-state index in [2.05, 4.69) is 5.10 Å². The number of benzene rings is 1. The number of halogens is 2. The maximum absolute atomic E-state index is 13.1. The molecule has 0 radical (unpaired) electrons. The lowest BCUT2D eigenvalue weighted by molar-refractivity contribution is 0.0750. The van der Waals surface area contributed by atoms with Crippen molar-refractivity contribution < 1.29 is 4.79 Å². The molecule has 6 nitrogen and oxygen atoms in total. The monoisotopic (exact) mass is 423 g/mol. The molecule has 3 rings (SSSR count). The number of rotatable bonds is 5. The first-order valence-corrected chi connectivity index (χ1v) is 8.85. The van der Waals surface area contributed by atoms with Crippen molar-refractivity contribution in [1.82, 2.24) is 19.7 Å². The number of pyridine rings is 1. The highest BCUT2D eigenvalue weighted by Gasteiger charge is 2.22. The smallest absolute Gasteiger partial charge is 0.254 e. The fraction of sp³-hybridized carbons (Fsp3) is 0.350. The SMILES string of the molecule is CC(CN)N(C)C(=O)c1cc(-c2ccccc2)nc2c1cnn2C(C)C.Cl.Cl. The zero-order valence-electron chi connectivity index (χ0n) is 16.5. The van der Waals surface area contributed by atoms with Gasteiger partial charge >= 0.3 is 0 Å². The highest BCUT2D eigenvalue weighted by Crippen LogP contribution is 2.27. The van der Waals surface area contributed by atoms with E-state index in [0.29, 0.717) is 12.1 Å². The lowest BCUT2D eigenvalue weighted by Gasteiger charge is -2.24. The molecular weight excluding hydrogens is 397 g/mol. The van der Waals surface area contributed by atoms with Crippen LogP contribution in [0.25, 0.3) is 22.3 Å². The van der Waals surface area contributed by atoms with Gasteiger partial charge in [-0.05, 0) is 26.8 Å². The lowest BCUT2D eigenvalue weighted by Crippen LogP contribution is -2.39. The molecule has 8 heteroatoms. The summed E-state index contributed by atoms with van der Waals surface area (Å²) in [5, 5.41) is 5.22. The Morgan fingerprint density at radius 3 is 2.39 bits per heavy atom. The third kappa shape index (κ3) is 4.46. The van der Waals surface area contributed by atoms with Crippen LogP contribution in [0.15, 0.2) is 42.6 Å². The van der Waals surface area contributed by atoms with Gasteiger partial charge in [-0.2, -0.15) is 5.10 Å². The number of hydrogen-bond donors (Lipinski definition) is 1. The van der Waals surface area contributed by atoms with Crippen molar-refractivity contribution in [3.05, 3.63) is 48.2 Å². The first-order valence-electron chi connectivity index (χ1n) is 8.85. The van der Waals surface area contributed by atoms with Crippen LogP contribution in [0, 0.1) is 0 Å². The fourth-order valence-electron chi connectivity index (χ4n) is 2.88. The van der Waals surface area contributed by atoms with Crippen LogP contribution in [0.2, 0.25) is 0 Å². The average molecular weight is 424 g/mol. The van der Waals surface area contributed by atoms with E-state index < -0.39 is 0 Å². The first-order chi connectivity index (χ1) is 12.4. The minimum Gasteiger partial charge on any atom is -0.338 e. The van der Waals surface area contributed by atoms with Crippen molar-refractivity contribution >= 4 is 41.8 Å². The van der Waals surface area contributed by atoms with E-state index in [0.717, 1.165) is 22.3 Å². The summed E-state index contributed by atoms with van der Waals surface area (Å²) in [6.07, 6.45) is 1.73. The first kappa shape index (κ1) is 23.9. The van der Waals surface area contributed by atoms with Crippen molar-refractivity contribution in [3.63, 3.8) is 0 Å². The summed E-state index contributed by atoms with van der Waals surface area (Å²) < 4.78 is 1.85. The number of nitrogens with two attached hydrogens (primary N) is 1. The van der Waals surface area contributed by atoms with Crippen LogP contribution in [0.4, 0.5) is 0 Å². The molecule has 3 aromatic rings. The largest absolute Gasteiger partial charge is 0.338 e. The number of carbonyl (C=O) groups is 1. The van der Waals surface area contributed by atoms with Crippen LogP contribution < -0.4 is 5.73 Å². The minimum atomic E-state index is -0.0733. The Morgan fingerprint density at radius 2 is 1.82 bits per heavy atom. The molecule has 2 N–H and O–H groups in total. The van der Waals surface area contributed by atoms with Crippen molar-refractivity contribution in [2.75, 3.05) is 13.6 Å². The highest BCUT2D eigenvalue weighted by molar-refractivity contribution is 6.06. The van der Waals surface area contributed by atoms with Gasteiger partial charge in [-0.15, -0.1) is 24.8 Å². The number of hydrogen-bond acceptors (Lipinski definition) is 4. The lowest BCUT2D eigenvalue weighted by atomic mass is 10.1. The van der Waals surface area contributed by atoms with Gasteiger partial charge in [0, 0.05) is 31.2 Å². The third-order valence-corrected chi connectivity index (χ3v) is 4.68. The average Bonchev–Trinajstić information content (AvgIpc) is 3.10. The van der Waals surface area contributed by atoms with Gasteiger partial charge in [0.25, 0.3) is 5.91 Å². The summed E-state index contributed by atoms with van der Waals surface area (Å²) in [5.74, 6) is -0.0733. The highest BCUT2D eigenvalue weighted by atomic mass is 35.5. The van der Waals surface area contributed by atoms with Crippen LogP contribution >= 0.6 is 24.8 Å². The second-order valence-corrected chi connectivity index (χ2v) is 6.84. The molecule has 0 saturated heterocycles. The molecule has 0 aliphatic rings. The molecule has 2 aromatic heterocycles. The maximum atomic E-state index is 13.1. The van der Waals surface area contributed by atoms with Crippen LogP contribution in [-0.2, 0) is 0 Å². The third-order valence-electron chi connectivity index (χ3n) is 4.68. The van der Waals surface area contributed by atoms with Gasteiger partial charge in [0.2, 0.25) is 0 Å². The van der Waals surface area contributed by atoms with E-state index in [1.54, 1.807) is 18.1 Å². The molecule has 0 aliphatic heterocycles. The quantitative estimate of drug-likeness (QED) is 0.673. The molecule has 0 bridgehead atoms. The molecule has 0 fully saturated rings. The normalized spacial score (nSPS) is 11.6. The Kier molecular flexibility index (Phi) is 8.42. The molecule has 1 amide bonds. The fourth-order valence-corrected chi connectivity index (χ4v) is 2.88. The Labute approximate surface area is 177 Å². The van der Waals surface area contributed by atoms with Gasteiger partial charge in [-0.3, -0.25) is 4.79 Å². The zero-order valence-corrected chi connectivity index (χ0v) is 18.1. The Morgan fingerprint density at radius 1 is 1.18 bits per heavy atom. The second kappa shape index (κ2) is 9.87. The topological polar surface area (TPSA) is 77.0 Å². The molecule has 0 spiro atoms. The molecule has 28 heavy (non-hydrogen) atoms. The molecule has 2 heterocycles. The summed E-state index contributed by atoms with van der Waals surface area (Å²) >= 11 is 0. The summed E-state index contributed by atoms with van der Waals surface area (Å²) in [7, 11) is 1.78. The minimum absolute atomic E-state index is 0. The van der Waals surface area contributed by atoms with E-state index in [1.807, 2.05) is 61.9 Å². The molecule has 1 atom stereocenters. The van der Waals surface area contributed by atoms with Gasteiger partial charge in [0.05, 0.1) is 22.8 Å². The Balaban J connectivity index is 0.00000196. The van der Waals surface area contributed by atoms with E-state index in [-0.39, 0.29) is 42.8 Å². The molecule has 1 aromatic carbocycles. The maximum Gasteiger partial charge on any atom is 0.254 e. The van der Waals surface area contributed by atoms with E-state index in [9.17, 15) is 4.79 Å². The number of fused-ring (bicyclic) bond motifs is 1. The number of likely N-dealkylation sites (N-methyl/N-ethyl adjacent to an activating group) is 1. The van der Waals surface area contributed by atoms with Gasteiger partial charge in [0.1, 0.15) is 0 Å². The molecular formula is C20H27Cl2N5O. The van der Waals surface area contributed by atoms with Gasteiger partial charge < -0.3 is 10.6 Å². The Hall–Kier alpha value is -2.15. The van der Waals surface area contributed by atoms with Crippen molar-refractivity contribution in [2.45, 2.75) is 32.9 Å². The summed E-state index contributed by atoms with van der Waals surface area (Å²) in [4.78, 5) is 19.6. The van der Waals surface area contributed by atoms with Crippen LogP contribution in [0.5, 0.6) is 0 Å². The zero-order chi connectivity index (χ0) is 18.8. The van der Waals surface area contributed by atoms with Gasteiger partial charge in [-0.25, -0.2) is 9.67 Å². The number of amides is 1. The molecule has 0 saturated carbocycles. The second-order valence-electron chi connectivity index (χ2n) is 6.84. The van der Waals surface area contributed by atoms with Crippen molar-refractivity contribution in [2.24, 2.45) is 5.73 Å². The molecule has 1 unspecified atom stereocenters. The number of nitrogens with zero attached hydrogens (tertiary/aromatic N) is 4. The summed E-state index contributed by atoms with van der Waals surface area (Å²) in [5.41, 5.74) is 8.79.